The van der Waals surface area contributed by atoms with Gasteiger partial charge in [-0.05, 0) is 42.7 Å². The van der Waals surface area contributed by atoms with Crippen molar-refractivity contribution in [1.82, 2.24) is 5.32 Å². The molecule has 1 atom stereocenters. The molecule has 0 spiro atoms. The molecule has 0 radical (unpaired) electrons. The van der Waals surface area contributed by atoms with Crippen LogP contribution in [0.5, 0.6) is 0 Å². The lowest BCUT2D eigenvalue weighted by Crippen LogP contribution is -2.27. The van der Waals surface area contributed by atoms with Crippen LogP contribution in [0.1, 0.15) is 18.1 Å². The Hall–Kier alpha value is -1.74. The molecule has 0 aromatic heterocycles. The Morgan fingerprint density at radius 2 is 1.84 bits per heavy atom. The van der Waals surface area contributed by atoms with Gasteiger partial charge in [-0.3, -0.25) is 0 Å². The fourth-order valence-electron chi connectivity index (χ4n) is 2.00. The highest BCUT2D eigenvalue weighted by molar-refractivity contribution is 5.19. The predicted molar refractivity (Wildman–Crippen MR) is 72.8 cm³/mol. The Labute approximate surface area is 112 Å². The largest absolute Gasteiger partial charge is 0.310 e. The van der Waals surface area contributed by atoms with E-state index in [1.54, 1.807) is 18.2 Å². The summed E-state index contributed by atoms with van der Waals surface area (Å²) in [4.78, 5) is 0. The second-order valence-corrected chi connectivity index (χ2v) is 4.71. The van der Waals surface area contributed by atoms with E-state index in [1.807, 2.05) is 19.1 Å². The molecule has 2 aromatic rings. The first-order chi connectivity index (χ1) is 9.15. The highest BCUT2D eigenvalue weighted by Gasteiger charge is 2.07. The number of nitrogens with one attached hydrogen (secondary N) is 1. The molecular formula is C16H17F2N. The third-order valence-electron chi connectivity index (χ3n) is 3.03. The Bertz CT molecular complexity index is 540. The lowest BCUT2D eigenvalue weighted by Gasteiger charge is -2.14. The third kappa shape index (κ3) is 4.14. The van der Waals surface area contributed by atoms with Crippen molar-refractivity contribution in [2.75, 3.05) is 0 Å². The lowest BCUT2D eigenvalue weighted by atomic mass is 10.1. The summed E-state index contributed by atoms with van der Waals surface area (Å²) in [6, 6.07) is 13.4. The van der Waals surface area contributed by atoms with Gasteiger partial charge in [-0.25, -0.2) is 8.78 Å². The minimum absolute atomic E-state index is 0.125. The zero-order valence-electron chi connectivity index (χ0n) is 10.9. The zero-order chi connectivity index (χ0) is 13.7. The maximum atomic E-state index is 13.5. The molecule has 0 aliphatic rings. The van der Waals surface area contributed by atoms with Gasteiger partial charge in [0.1, 0.15) is 11.6 Å². The molecule has 2 rings (SSSR count). The molecule has 100 valence electrons. The first-order valence-electron chi connectivity index (χ1n) is 6.36. The van der Waals surface area contributed by atoms with Gasteiger partial charge in [-0.15, -0.1) is 0 Å². The van der Waals surface area contributed by atoms with Crippen LogP contribution in [0, 0.1) is 11.6 Å². The molecule has 3 heteroatoms. The predicted octanol–water partition coefficient (Wildman–Crippen LogP) is 3.69. The van der Waals surface area contributed by atoms with E-state index in [0.717, 1.165) is 5.56 Å². The summed E-state index contributed by atoms with van der Waals surface area (Å²) in [5.74, 6) is -0.414. The summed E-state index contributed by atoms with van der Waals surface area (Å²) < 4.78 is 26.5. The summed E-state index contributed by atoms with van der Waals surface area (Å²) >= 11 is 0. The summed E-state index contributed by atoms with van der Waals surface area (Å²) in [7, 11) is 0. The fourth-order valence-corrected chi connectivity index (χ4v) is 2.00. The van der Waals surface area contributed by atoms with E-state index >= 15 is 0 Å². The van der Waals surface area contributed by atoms with Gasteiger partial charge in [0, 0.05) is 12.6 Å². The average Bonchev–Trinajstić information content (AvgIpc) is 2.39. The molecule has 0 heterocycles. The van der Waals surface area contributed by atoms with Crippen molar-refractivity contribution in [3.05, 3.63) is 71.3 Å². The summed E-state index contributed by atoms with van der Waals surface area (Å²) in [6.07, 6.45) is 0.613. The van der Waals surface area contributed by atoms with Gasteiger partial charge in [-0.2, -0.15) is 0 Å². The van der Waals surface area contributed by atoms with Crippen LogP contribution in [0.4, 0.5) is 8.78 Å². The molecule has 0 aliphatic carbocycles. The second kappa shape index (κ2) is 6.43. The second-order valence-electron chi connectivity index (χ2n) is 4.71. The van der Waals surface area contributed by atoms with E-state index in [4.69, 9.17) is 0 Å². The van der Waals surface area contributed by atoms with Crippen LogP contribution in [0.25, 0.3) is 0 Å². The molecule has 0 saturated heterocycles. The van der Waals surface area contributed by atoms with Crippen LogP contribution in [0.2, 0.25) is 0 Å². The van der Waals surface area contributed by atoms with E-state index in [1.165, 1.54) is 18.2 Å². The summed E-state index contributed by atoms with van der Waals surface area (Å²) in [5, 5.41) is 3.27. The molecule has 1 nitrogen and oxygen atoms in total. The van der Waals surface area contributed by atoms with Crippen LogP contribution in [0.15, 0.2) is 48.5 Å². The molecule has 2 aromatic carbocycles. The number of benzene rings is 2. The van der Waals surface area contributed by atoms with Crippen molar-refractivity contribution in [2.24, 2.45) is 0 Å². The molecule has 1 unspecified atom stereocenters. The average molecular weight is 261 g/mol. The van der Waals surface area contributed by atoms with Gasteiger partial charge in [0.25, 0.3) is 0 Å². The first kappa shape index (κ1) is 13.7. The molecule has 0 aliphatic heterocycles. The molecule has 0 fully saturated rings. The van der Waals surface area contributed by atoms with Crippen molar-refractivity contribution in [2.45, 2.75) is 25.9 Å². The molecule has 0 amide bonds. The number of halogens is 2. The SMILES string of the molecule is CC(Cc1ccccc1F)NCc1cccc(F)c1. The van der Waals surface area contributed by atoms with Crippen molar-refractivity contribution in [3.8, 4) is 0 Å². The van der Waals surface area contributed by atoms with E-state index in [2.05, 4.69) is 5.32 Å². The van der Waals surface area contributed by atoms with Crippen LogP contribution < -0.4 is 5.32 Å². The molecule has 19 heavy (non-hydrogen) atoms. The Morgan fingerprint density at radius 1 is 1.05 bits per heavy atom. The zero-order valence-corrected chi connectivity index (χ0v) is 10.9. The van der Waals surface area contributed by atoms with E-state index in [-0.39, 0.29) is 17.7 Å². The minimum Gasteiger partial charge on any atom is -0.310 e. The van der Waals surface area contributed by atoms with Crippen molar-refractivity contribution in [1.29, 1.82) is 0 Å². The highest BCUT2D eigenvalue weighted by atomic mass is 19.1. The summed E-state index contributed by atoms with van der Waals surface area (Å²) in [5.41, 5.74) is 1.59. The fraction of sp³-hybridized carbons (Fsp3) is 0.250. The highest BCUT2D eigenvalue weighted by Crippen LogP contribution is 2.10. The molecular weight excluding hydrogens is 244 g/mol. The van der Waals surface area contributed by atoms with E-state index < -0.39 is 0 Å². The van der Waals surface area contributed by atoms with Gasteiger partial charge >= 0.3 is 0 Å². The van der Waals surface area contributed by atoms with Crippen molar-refractivity contribution < 1.29 is 8.78 Å². The maximum absolute atomic E-state index is 13.5. The number of hydrogen-bond donors (Lipinski definition) is 1. The van der Waals surface area contributed by atoms with Gasteiger partial charge in [0.15, 0.2) is 0 Å². The quantitative estimate of drug-likeness (QED) is 0.865. The van der Waals surface area contributed by atoms with Crippen LogP contribution >= 0.6 is 0 Å². The molecule has 0 saturated carbocycles. The number of rotatable bonds is 5. The first-order valence-corrected chi connectivity index (χ1v) is 6.36. The van der Waals surface area contributed by atoms with E-state index in [0.29, 0.717) is 18.5 Å². The third-order valence-corrected chi connectivity index (χ3v) is 3.03. The van der Waals surface area contributed by atoms with Crippen molar-refractivity contribution >= 4 is 0 Å². The Morgan fingerprint density at radius 3 is 2.58 bits per heavy atom. The van der Waals surface area contributed by atoms with Gasteiger partial charge < -0.3 is 5.32 Å². The van der Waals surface area contributed by atoms with Crippen LogP contribution in [-0.4, -0.2) is 6.04 Å². The van der Waals surface area contributed by atoms with Gasteiger partial charge in [0.2, 0.25) is 0 Å². The maximum Gasteiger partial charge on any atom is 0.126 e. The van der Waals surface area contributed by atoms with Crippen LogP contribution in [0.3, 0.4) is 0 Å². The molecule has 0 bridgehead atoms. The molecule has 1 N–H and O–H groups in total. The van der Waals surface area contributed by atoms with Gasteiger partial charge in [0.05, 0.1) is 0 Å². The topological polar surface area (TPSA) is 12.0 Å². The van der Waals surface area contributed by atoms with Crippen LogP contribution in [-0.2, 0) is 13.0 Å². The van der Waals surface area contributed by atoms with Crippen molar-refractivity contribution in [3.63, 3.8) is 0 Å². The minimum atomic E-state index is -0.235. The summed E-state index contributed by atoms with van der Waals surface area (Å²) in [6.45, 7) is 2.57. The Kier molecular flexibility index (Phi) is 4.63. The standard InChI is InChI=1S/C16H17F2N/c1-12(9-14-6-2-3-8-16(14)18)19-11-13-5-4-7-15(17)10-13/h2-8,10,12,19H,9,11H2,1H3. The number of hydrogen-bond acceptors (Lipinski definition) is 1. The van der Waals surface area contributed by atoms with E-state index in [9.17, 15) is 8.78 Å². The smallest absolute Gasteiger partial charge is 0.126 e. The normalized spacial score (nSPS) is 12.4. The monoisotopic (exact) mass is 261 g/mol. The Balaban J connectivity index is 1.88. The van der Waals surface area contributed by atoms with Gasteiger partial charge in [-0.1, -0.05) is 30.3 Å². The lowest BCUT2D eigenvalue weighted by molar-refractivity contribution is 0.524.